The number of aromatic nitrogens is 4. The van der Waals surface area contributed by atoms with E-state index in [4.69, 9.17) is 4.98 Å². The van der Waals surface area contributed by atoms with Crippen molar-refractivity contribution >= 4 is 16.7 Å². The van der Waals surface area contributed by atoms with Gasteiger partial charge in [0.15, 0.2) is 5.65 Å². The second kappa shape index (κ2) is 5.34. The van der Waals surface area contributed by atoms with Crippen LogP contribution in [-0.4, -0.2) is 43.4 Å². The number of hydrogen-bond acceptors (Lipinski definition) is 3. The van der Waals surface area contributed by atoms with Crippen LogP contribution in [0.3, 0.4) is 0 Å². The summed E-state index contributed by atoms with van der Waals surface area (Å²) < 4.78 is 2.31. The molecule has 23 heavy (non-hydrogen) atoms. The molecule has 1 aliphatic carbocycles. The van der Waals surface area contributed by atoms with Gasteiger partial charge in [0, 0.05) is 24.7 Å². The Bertz CT molecular complexity index is 826. The predicted molar refractivity (Wildman–Crippen MR) is 90.6 cm³/mol. The fourth-order valence-corrected chi connectivity index (χ4v) is 4.61. The van der Waals surface area contributed by atoms with Crippen molar-refractivity contribution in [2.75, 3.05) is 13.1 Å². The van der Waals surface area contributed by atoms with Gasteiger partial charge < -0.3 is 4.98 Å². The van der Waals surface area contributed by atoms with Gasteiger partial charge in [-0.05, 0) is 38.3 Å². The monoisotopic (exact) mass is 309 g/mol. The van der Waals surface area contributed by atoms with Crippen molar-refractivity contribution in [1.29, 1.82) is 0 Å². The number of nitrogens with zero attached hydrogens (tertiary/aromatic N) is 4. The van der Waals surface area contributed by atoms with Gasteiger partial charge in [0.2, 0.25) is 0 Å². The standard InChI is InChI=1S/C18H23N5/c1-2-6-14(5-1)22-9-3-4-13(12-22)18-21-11-15-10-20-17-16(23(15)18)7-8-19-17/h7-8,10-11,13-14,19H,1-6,9,12H2/t13-/m1/s1. The second-order valence-electron chi connectivity index (χ2n) is 7.12. The maximum absolute atomic E-state index is 4.79. The lowest BCUT2D eigenvalue weighted by molar-refractivity contribution is 0.147. The molecule has 5 rings (SSSR count). The molecule has 0 unspecified atom stereocenters. The Balaban J connectivity index is 1.53. The summed E-state index contributed by atoms with van der Waals surface area (Å²) in [5.41, 5.74) is 3.19. The van der Waals surface area contributed by atoms with E-state index in [1.165, 1.54) is 50.9 Å². The number of imidazole rings is 1. The van der Waals surface area contributed by atoms with Crippen molar-refractivity contribution in [3.05, 3.63) is 30.5 Å². The molecular weight excluding hydrogens is 286 g/mol. The molecule has 5 heteroatoms. The molecule has 0 aromatic carbocycles. The summed E-state index contributed by atoms with van der Waals surface area (Å²) in [5, 5.41) is 0. The summed E-state index contributed by atoms with van der Waals surface area (Å²) in [5.74, 6) is 1.75. The first-order valence-electron chi connectivity index (χ1n) is 8.93. The molecule has 0 bridgehead atoms. The third kappa shape index (κ3) is 2.17. The summed E-state index contributed by atoms with van der Waals surface area (Å²) in [6.07, 6.45) is 14.0. The van der Waals surface area contributed by atoms with Gasteiger partial charge in [-0.2, -0.15) is 0 Å². The zero-order chi connectivity index (χ0) is 15.2. The number of H-pyrrole nitrogens is 1. The predicted octanol–water partition coefficient (Wildman–Crippen LogP) is 3.33. The van der Waals surface area contributed by atoms with E-state index in [1.807, 2.05) is 18.6 Å². The molecule has 0 radical (unpaired) electrons. The lowest BCUT2D eigenvalue weighted by atomic mass is 9.95. The van der Waals surface area contributed by atoms with Crippen molar-refractivity contribution in [2.24, 2.45) is 0 Å². The van der Waals surface area contributed by atoms with Crippen molar-refractivity contribution in [2.45, 2.75) is 50.5 Å². The van der Waals surface area contributed by atoms with Crippen molar-refractivity contribution in [1.82, 2.24) is 24.3 Å². The van der Waals surface area contributed by atoms with Crippen LogP contribution in [0.15, 0.2) is 24.7 Å². The fraction of sp³-hybridized carbons (Fsp3) is 0.556. The van der Waals surface area contributed by atoms with E-state index in [2.05, 4.69) is 25.3 Å². The Kier molecular flexibility index (Phi) is 3.14. The van der Waals surface area contributed by atoms with E-state index in [0.29, 0.717) is 5.92 Å². The molecule has 3 aromatic rings. The van der Waals surface area contributed by atoms with E-state index >= 15 is 0 Å². The van der Waals surface area contributed by atoms with Gasteiger partial charge in [-0.1, -0.05) is 12.8 Å². The highest BCUT2D eigenvalue weighted by Crippen LogP contribution is 2.32. The average Bonchev–Trinajstić information content (AvgIpc) is 3.33. The highest BCUT2D eigenvalue weighted by Gasteiger charge is 2.30. The summed E-state index contributed by atoms with van der Waals surface area (Å²) in [6.45, 7) is 2.43. The second-order valence-corrected chi connectivity index (χ2v) is 7.12. The Hall–Kier alpha value is -1.88. The number of hydrogen-bond donors (Lipinski definition) is 1. The van der Waals surface area contributed by atoms with Crippen LogP contribution in [0, 0.1) is 0 Å². The van der Waals surface area contributed by atoms with Gasteiger partial charge in [-0.15, -0.1) is 0 Å². The van der Waals surface area contributed by atoms with Crippen LogP contribution in [0.4, 0.5) is 0 Å². The number of piperidine rings is 1. The number of fused-ring (bicyclic) bond motifs is 3. The van der Waals surface area contributed by atoms with Gasteiger partial charge >= 0.3 is 0 Å². The molecule has 0 amide bonds. The van der Waals surface area contributed by atoms with Gasteiger partial charge in [0.1, 0.15) is 5.82 Å². The number of aromatic amines is 1. The Morgan fingerprint density at radius 2 is 1.91 bits per heavy atom. The van der Waals surface area contributed by atoms with Gasteiger partial charge in [-0.3, -0.25) is 9.30 Å². The topological polar surface area (TPSA) is 49.2 Å². The molecule has 0 spiro atoms. The molecular formula is C18H23N5. The molecule has 1 saturated carbocycles. The van der Waals surface area contributed by atoms with E-state index in [9.17, 15) is 0 Å². The highest BCUT2D eigenvalue weighted by molar-refractivity contribution is 5.75. The summed E-state index contributed by atoms with van der Waals surface area (Å²) >= 11 is 0. The van der Waals surface area contributed by atoms with Gasteiger partial charge in [0.05, 0.1) is 23.4 Å². The third-order valence-corrected chi connectivity index (χ3v) is 5.75. The average molecular weight is 309 g/mol. The van der Waals surface area contributed by atoms with E-state index < -0.39 is 0 Å². The molecule has 2 fully saturated rings. The largest absolute Gasteiger partial charge is 0.345 e. The van der Waals surface area contributed by atoms with Crippen molar-refractivity contribution in [3.8, 4) is 0 Å². The summed E-state index contributed by atoms with van der Waals surface area (Å²) in [4.78, 5) is 15.2. The van der Waals surface area contributed by atoms with E-state index in [1.54, 1.807) is 0 Å². The first kappa shape index (κ1) is 13.5. The zero-order valence-corrected chi connectivity index (χ0v) is 13.4. The van der Waals surface area contributed by atoms with Gasteiger partial charge in [0.25, 0.3) is 0 Å². The van der Waals surface area contributed by atoms with E-state index in [-0.39, 0.29) is 0 Å². The minimum Gasteiger partial charge on any atom is -0.345 e. The van der Waals surface area contributed by atoms with Crippen LogP contribution in [0.1, 0.15) is 50.3 Å². The lowest BCUT2D eigenvalue weighted by Crippen LogP contribution is -2.41. The Morgan fingerprint density at radius 3 is 2.83 bits per heavy atom. The van der Waals surface area contributed by atoms with Crippen LogP contribution < -0.4 is 0 Å². The smallest absolute Gasteiger partial charge is 0.154 e. The van der Waals surface area contributed by atoms with Crippen LogP contribution in [0.5, 0.6) is 0 Å². The van der Waals surface area contributed by atoms with E-state index in [0.717, 1.165) is 29.3 Å². The third-order valence-electron chi connectivity index (χ3n) is 5.75. The van der Waals surface area contributed by atoms with Crippen LogP contribution in [-0.2, 0) is 0 Å². The zero-order valence-electron chi connectivity index (χ0n) is 13.4. The molecule has 120 valence electrons. The lowest BCUT2D eigenvalue weighted by Gasteiger charge is -2.36. The summed E-state index contributed by atoms with van der Waals surface area (Å²) in [7, 11) is 0. The van der Waals surface area contributed by atoms with Crippen molar-refractivity contribution in [3.63, 3.8) is 0 Å². The molecule has 1 saturated heterocycles. The number of rotatable bonds is 2. The fourth-order valence-electron chi connectivity index (χ4n) is 4.61. The van der Waals surface area contributed by atoms with Crippen LogP contribution in [0.25, 0.3) is 16.7 Å². The molecule has 1 aliphatic heterocycles. The minimum absolute atomic E-state index is 0.535. The molecule has 1 N–H and O–H groups in total. The SMILES string of the molecule is c1cc2c(ncc3cnc([C@@H]4CCCN(C5CCCC5)C4)n32)[nH]1. The maximum Gasteiger partial charge on any atom is 0.154 e. The molecule has 4 heterocycles. The Labute approximate surface area is 135 Å². The highest BCUT2D eigenvalue weighted by atomic mass is 15.2. The van der Waals surface area contributed by atoms with Crippen LogP contribution in [0.2, 0.25) is 0 Å². The minimum atomic E-state index is 0.535. The number of nitrogens with one attached hydrogen (secondary N) is 1. The molecule has 3 aromatic heterocycles. The maximum atomic E-state index is 4.79. The Morgan fingerprint density at radius 1 is 1.04 bits per heavy atom. The normalized spacial score (nSPS) is 24.1. The molecule has 2 aliphatic rings. The van der Waals surface area contributed by atoms with Crippen LogP contribution >= 0.6 is 0 Å². The van der Waals surface area contributed by atoms with Gasteiger partial charge in [-0.25, -0.2) is 9.97 Å². The molecule has 5 nitrogen and oxygen atoms in total. The van der Waals surface area contributed by atoms with Crippen molar-refractivity contribution < 1.29 is 0 Å². The first-order chi connectivity index (χ1) is 11.4. The molecule has 1 atom stereocenters. The quantitative estimate of drug-likeness (QED) is 0.790. The summed E-state index contributed by atoms with van der Waals surface area (Å²) in [6, 6.07) is 2.93. The first-order valence-corrected chi connectivity index (χ1v) is 8.93. The number of likely N-dealkylation sites (tertiary alicyclic amines) is 1.